The maximum atomic E-state index is 3.66. The quantitative estimate of drug-likeness (QED) is 0.893. The van der Waals surface area contributed by atoms with Crippen molar-refractivity contribution in [2.24, 2.45) is 0 Å². The standard InChI is InChI=1S/C17H26N2/c1-13-5-3-6-14(2)19(13)18-12-15-9-10-16-7-4-8-17(16)11-15/h9-11,13-14,18H,3-8,12H2,1-2H3. The highest BCUT2D eigenvalue weighted by atomic mass is 15.5. The smallest absolute Gasteiger partial charge is 0.0353 e. The summed E-state index contributed by atoms with van der Waals surface area (Å²) in [5.41, 5.74) is 8.25. The van der Waals surface area contributed by atoms with Crippen molar-refractivity contribution in [1.82, 2.24) is 10.4 Å². The minimum Gasteiger partial charge on any atom is -0.250 e. The van der Waals surface area contributed by atoms with E-state index in [-0.39, 0.29) is 0 Å². The van der Waals surface area contributed by atoms with Gasteiger partial charge in [-0.15, -0.1) is 0 Å². The van der Waals surface area contributed by atoms with Crippen LogP contribution in [0.2, 0.25) is 0 Å². The Morgan fingerprint density at radius 2 is 1.79 bits per heavy atom. The fourth-order valence-corrected chi connectivity index (χ4v) is 3.65. The van der Waals surface area contributed by atoms with Gasteiger partial charge in [0.15, 0.2) is 0 Å². The summed E-state index contributed by atoms with van der Waals surface area (Å²) in [7, 11) is 0. The van der Waals surface area contributed by atoms with Crippen molar-refractivity contribution < 1.29 is 0 Å². The molecule has 104 valence electrons. The number of nitrogens with one attached hydrogen (secondary N) is 1. The Hall–Kier alpha value is -0.860. The number of benzene rings is 1. The van der Waals surface area contributed by atoms with Crippen LogP contribution in [0.25, 0.3) is 0 Å². The Balaban J connectivity index is 1.62. The van der Waals surface area contributed by atoms with Gasteiger partial charge in [0.05, 0.1) is 0 Å². The molecule has 0 aromatic heterocycles. The van der Waals surface area contributed by atoms with E-state index in [0.717, 1.165) is 6.54 Å². The van der Waals surface area contributed by atoms with Gasteiger partial charge in [0.2, 0.25) is 0 Å². The molecule has 1 N–H and O–H groups in total. The fraction of sp³-hybridized carbons (Fsp3) is 0.647. The summed E-state index contributed by atoms with van der Waals surface area (Å²) in [6.45, 7) is 5.65. The number of piperidine rings is 1. The van der Waals surface area contributed by atoms with E-state index in [1.807, 2.05) is 0 Å². The normalized spacial score (nSPS) is 27.5. The van der Waals surface area contributed by atoms with Crippen molar-refractivity contribution in [3.8, 4) is 0 Å². The largest absolute Gasteiger partial charge is 0.250 e. The molecule has 0 amide bonds. The second-order valence-electron chi connectivity index (χ2n) is 6.33. The third-order valence-electron chi connectivity index (χ3n) is 4.82. The average molecular weight is 258 g/mol. The van der Waals surface area contributed by atoms with Gasteiger partial charge in [-0.05, 0) is 62.6 Å². The highest BCUT2D eigenvalue weighted by Crippen LogP contribution is 2.24. The van der Waals surface area contributed by atoms with Gasteiger partial charge in [0.25, 0.3) is 0 Å². The summed E-state index contributed by atoms with van der Waals surface area (Å²) in [6, 6.07) is 8.38. The fourth-order valence-electron chi connectivity index (χ4n) is 3.65. The van der Waals surface area contributed by atoms with Crippen LogP contribution in [0.1, 0.15) is 56.2 Å². The molecule has 19 heavy (non-hydrogen) atoms. The molecule has 1 aliphatic carbocycles. The van der Waals surface area contributed by atoms with Gasteiger partial charge in [-0.25, -0.2) is 5.01 Å². The Bertz CT molecular complexity index is 431. The average Bonchev–Trinajstić information content (AvgIpc) is 2.85. The van der Waals surface area contributed by atoms with Crippen LogP contribution in [0.15, 0.2) is 18.2 Å². The van der Waals surface area contributed by atoms with E-state index < -0.39 is 0 Å². The molecule has 1 heterocycles. The molecular weight excluding hydrogens is 232 g/mol. The summed E-state index contributed by atoms with van der Waals surface area (Å²) < 4.78 is 0. The van der Waals surface area contributed by atoms with Crippen molar-refractivity contribution in [1.29, 1.82) is 0 Å². The molecular formula is C17H26N2. The first-order valence-electron chi connectivity index (χ1n) is 7.86. The lowest BCUT2D eigenvalue weighted by atomic mass is 10.00. The molecule has 2 heteroatoms. The highest BCUT2D eigenvalue weighted by Gasteiger charge is 2.24. The molecule has 0 radical (unpaired) electrons. The molecule has 2 aliphatic rings. The molecule has 1 saturated heterocycles. The van der Waals surface area contributed by atoms with E-state index >= 15 is 0 Å². The van der Waals surface area contributed by atoms with Crippen LogP contribution in [0, 0.1) is 0 Å². The maximum absolute atomic E-state index is 3.66. The van der Waals surface area contributed by atoms with Gasteiger partial charge in [-0.1, -0.05) is 24.6 Å². The molecule has 3 rings (SSSR count). The molecule has 1 aromatic carbocycles. The zero-order valence-corrected chi connectivity index (χ0v) is 12.3. The van der Waals surface area contributed by atoms with Crippen LogP contribution in [0.5, 0.6) is 0 Å². The van der Waals surface area contributed by atoms with Gasteiger partial charge in [-0.3, -0.25) is 5.43 Å². The minimum absolute atomic E-state index is 0.665. The van der Waals surface area contributed by atoms with Crippen LogP contribution in [0.3, 0.4) is 0 Å². The van der Waals surface area contributed by atoms with E-state index in [2.05, 4.69) is 42.5 Å². The van der Waals surface area contributed by atoms with Crippen molar-refractivity contribution in [3.63, 3.8) is 0 Å². The lowest BCUT2D eigenvalue weighted by molar-refractivity contribution is 0.0435. The van der Waals surface area contributed by atoms with Gasteiger partial charge >= 0.3 is 0 Å². The summed E-state index contributed by atoms with van der Waals surface area (Å²) in [5.74, 6) is 0. The zero-order valence-electron chi connectivity index (χ0n) is 12.3. The van der Waals surface area contributed by atoms with Gasteiger partial charge in [-0.2, -0.15) is 0 Å². The van der Waals surface area contributed by atoms with Crippen LogP contribution in [-0.4, -0.2) is 17.1 Å². The second kappa shape index (κ2) is 5.64. The molecule has 1 fully saturated rings. The van der Waals surface area contributed by atoms with E-state index in [1.165, 1.54) is 44.1 Å². The predicted molar refractivity (Wildman–Crippen MR) is 79.9 cm³/mol. The third kappa shape index (κ3) is 2.85. The number of hydrogen-bond donors (Lipinski definition) is 1. The lowest BCUT2D eigenvalue weighted by Crippen LogP contribution is -2.51. The topological polar surface area (TPSA) is 15.3 Å². The number of hydrazine groups is 1. The van der Waals surface area contributed by atoms with Gasteiger partial charge < -0.3 is 0 Å². The monoisotopic (exact) mass is 258 g/mol. The summed E-state index contributed by atoms with van der Waals surface area (Å²) in [4.78, 5) is 0. The van der Waals surface area contributed by atoms with E-state index in [4.69, 9.17) is 0 Å². The Kier molecular flexibility index (Phi) is 3.90. The van der Waals surface area contributed by atoms with E-state index in [9.17, 15) is 0 Å². The predicted octanol–water partition coefficient (Wildman–Crippen LogP) is 3.44. The SMILES string of the molecule is CC1CCCC(C)N1NCc1ccc2c(c1)CCC2. The van der Waals surface area contributed by atoms with Crippen LogP contribution in [-0.2, 0) is 19.4 Å². The number of rotatable bonds is 3. The number of fused-ring (bicyclic) bond motifs is 1. The summed E-state index contributed by atoms with van der Waals surface area (Å²) >= 11 is 0. The molecule has 0 bridgehead atoms. The number of hydrogen-bond acceptors (Lipinski definition) is 2. The van der Waals surface area contributed by atoms with E-state index in [1.54, 1.807) is 11.1 Å². The first kappa shape index (κ1) is 13.1. The lowest BCUT2D eigenvalue weighted by Gasteiger charge is -2.39. The van der Waals surface area contributed by atoms with Crippen LogP contribution in [0.4, 0.5) is 0 Å². The zero-order chi connectivity index (χ0) is 13.2. The summed E-state index contributed by atoms with van der Waals surface area (Å²) in [6.07, 6.45) is 7.91. The third-order valence-corrected chi connectivity index (χ3v) is 4.82. The minimum atomic E-state index is 0.665. The molecule has 1 aromatic rings. The van der Waals surface area contributed by atoms with Crippen LogP contribution >= 0.6 is 0 Å². The Labute approximate surface area is 117 Å². The summed E-state index contributed by atoms with van der Waals surface area (Å²) in [5, 5.41) is 2.47. The molecule has 0 spiro atoms. The van der Waals surface area contributed by atoms with Crippen molar-refractivity contribution in [2.45, 2.75) is 71.0 Å². The maximum Gasteiger partial charge on any atom is 0.0353 e. The van der Waals surface area contributed by atoms with Crippen LogP contribution < -0.4 is 5.43 Å². The molecule has 2 nitrogen and oxygen atoms in total. The number of aryl methyl sites for hydroxylation is 2. The highest BCUT2D eigenvalue weighted by molar-refractivity contribution is 5.35. The van der Waals surface area contributed by atoms with Gasteiger partial charge in [0.1, 0.15) is 0 Å². The van der Waals surface area contributed by atoms with E-state index in [0.29, 0.717) is 12.1 Å². The Morgan fingerprint density at radius 3 is 2.58 bits per heavy atom. The van der Waals surface area contributed by atoms with Crippen molar-refractivity contribution >= 4 is 0 Å². The molecule has 2 atom stereocenters. The molecule has 1 aliphatic heterocycles. The number of nitrogens with zero attached hydrogens (tertiary/aromatic N) is 1. The van der Waals surface area contributed by atoms with Crippen molar-refractivity contribution in [2.75, 3.05) is 0 Å². The molecule has 0 saturated carbocycles. The first-order chi connectivity index (χ1) is 9.24. The Morgan fingerprint density at radius 1 is 1.05 bits per heavy atom. The first-order valence-corrected chi connectivity index (χ1v) is 7.86. The molecule has 2 unspecified atom stereocenters. The van der Waals surface area contributed by atoms with Crippen molar-refractivity contribution in [3.05, 3.63) is 34.9 Å². The second-order valence-corrected chi connectivity index (χ2v) is 6.33. The van der Waals surface area contributed by atoms with Gasteiger partial charge in [0, 0.05) is 18.6 Å².